The summed E-state index contributed by atoms with van der Waals surface area (Å²) in [5, 5.41) is 2.95. The lowest BCUT2D eigenvalue weighted by atomic mass is 10.1. The predicted octanol–water partition coefficient (Wildman–Crippen LogP) is 4.97. The minimum atomic E-state index is 0.127. The van der Waals surface area contributed by atoms with Gasteiger partial charge in [0.05, 0.1) is 5.69 Å². The SMILES string of the molecule is O=Nc1cc(-c2ccccc2)nc(-c2ccc(Br)cc2)n1. The average Bonchev–Trinajstić information content (AvgIpc) is 2.56. The molecule has 2 aromatic carbocycles. The van der Waals surface area contributed by atoms with Crippen LogP contribution in [0.3, 0.4) is 0 Å². The lowest BCUT2D eigenvalue weighted by Crippen LogP contribution is -1.92. The summed E-state index contributed by atoms with van der Waals surface area (Å²) in [5.41, 5.74) is 2.43. The molecule has 0 fully saturated rings. The highest BCUT2D eigenvalue weighted by Gasteiger charge is 2.09. The maximum absolute atomic E-state index is 10.9. The standard InChI is InChI=1S/C16H10BrN3O/c17-13-8-6-12(7-9-13)16-18-14(10-15(19-16)20-21)11-4-2-1-3-5-11/h1-10H. The molecule has 5 heteroatoms. The van der Waals surface area contributed by atoms with Crippen LogP contribution in [-0.2, 0) is 0 Å². The van der Waals surface area contributed by atoms with Crippen LogP contribution in [-0.4, -0.2) is 9.97 Å². The lowest BCUT2D eigenvalue weighted by Gasteiger charge is -2.05. The Bertz CT molecular complexity index is 773. The van der Waals surface area contributed by atoms with E-state index < -0.39 is 0 Å². The maximum Gasteiger partial charge on any atom is 0.200 e. The zero-order valence-electron chi connectivity index (χ0n) is 10.9. The lowest BCUT2D eigenvalue weighted by molar-refractivity contribution is 1.16. The van der Waals surface area contributed by atoms with Gasteiger partial charge in [-0.05, 0) is 17.3 Å². The summed E-state index contributed by atoms with van der Waals surface area (Å²) in [6, 6.07) is 18.8. The average molecular weight is 340 g/mol. The third-order valence-corrected chi connectivity index (χ3v) is 3.51. The number of hydrogen-bond donors (Lipinski definition) is 0. The molecule has 0 radical (unpaired) electrons. The smallest absolute Gasteiger partial charge is 0.200 e. The summed E-state index contributed by atoms with van der Waals surface area (Å²) in [4.78, 5) is 19.6. The predicted molar refractivity (Wildman–Crippen MR) is 86.1 cm³/mol. The molecule has 4 nitrogen and oxygen atoms in total. The molecule has 21 heavy (non-hydrogen) atoms. The molecule has 0 N–H and O–H groups in total. The molecule has 0 saturated heterocycles. The van der Waals surface area contributed by atoms with Gasteiger partial charge in [0.25, 0.3) is 0 Å². The quantitative estimate of drug-likeness (QED) is 0.633. The summed E-state index contributed by atoms with van der Waals surface area (Å²) < 4.78 is 0.971. The molecule has 0 bridgehead atoms. The van der Waals surface area contributed by atoms with Gasteiger partial charge in [-0.2, -0.15) is 0 Å². The van der Waals surface area contributed by atoms with Crippen LogP contribution in [0.5, 0.6) is 0 Å². The van der Waals surface area contributed by atoms with Crippen molar-refractivity contribution in [3.63, 3.8) is 0 Å². The molecule has 0 unspecified atom stereocenters. The van der Waals surface area contributed by atoms with Crippen molar-refractivity contribution in [1.82, 2.24) is 9.97 Å². The van der Waals surface area contributed by atoms with E-state index in [4.69, 9.17) is 0 Å². The van der Waals surface area contributed by atoms with Crippen LogP contribution in [0, 0.1) is 4.91 Å². The summed E-state index contributed by atoms with van der Waals surface area (Å²) in [6.45, 7) is 0. The van der Waals surface area contributed by atoms with Crippen molar-refractivity contribution >= 4 is 21.7 Å². The Morgan fingerprint density at radius 1 is 0.857 bits per heavy atom. The normalized spacial score (nSPS) is 10.3. The van der Waals surface area contributed by atoms with Crippen LogP contribution in [0.2, 0.25) is 0 Å². The second kappa shape index (κ2) is 5.93. The number of hydrogen-bond acceptors (Lipinski definition) is 4. The third-order valence-electron chi connectivity index (χ3n) is 2.98. The second-order valence-electron chi connectivity index (χ2n) is 4.40. The van der Waals surface area contributed by atoms with Gasteiger partial charge < -0.3 is 0 Å². The zero-order valence-corrected chi connectivity index (χ0v) is 12.5. The first-order valence-corrected chi connectivity index (χ1v) is 7.09. The fourth-order valence-corrected chi connectivity index (χ4v) is 2.23. The van der Waals surface area contributed by atoms with E-state index in [2.05, 4.69) is 31.1 Å². The highest BCUT2D eigenvalue weighted by molar-refractivity contribution is 9.10. The van der Waals surface area contributed by atoms with E-state index in [1.807, 2.05) is 54.6 Å². The minimum absolute atomic E-state index is 0.127. The number of aromatic nitrogens is 2. The number of nitroso groups, excluding NO2 is 1. The van der Waals surface area contributed by atoms with Gasteiger partial charge in [0.1, 0.15) is 0 Å². The molecule has 1 heterocycles. The number of benzene rings is 2. The monoisotopic (exact) mass is 339 g/mol. The van der Waals surface area contributed by atoms with Gasteiger partial charge >= 0.3 is 0 Å². The van der Waals surface area contributed by atoms with Crippen LogP contribution < -0.4 is 0 Å². The first-order chi connectivity index (χ1) is 10.3. The minimum Gasteiger partial charge on any atom is -0.228 e. The number of rotatable bonds is 3. The van der Waals surface area contributed by atoms with Crippen LogP contribution in [0.25, 0.3) is 22.6 Å². The molecule has 0 amide bonds. The Labute approximate surface area is 130 Å². The molecule has 0 spiro atoms. The Kier molecular flexibility index (Phi) is 3.83. The number of halogens is 1. The van der Waals surface area contributed by atoms with Crippen molar-refractivity contribution in [2.24, 2.45) is 5.18 Å². The maximum atomic E-state index is 10.9. The molecule has 3 aromatic rings. The van der Waals surface area contributed by atoms with Crippen LogP contribution >= 0.6 is 15.9 Å². The van der Waals surface area contributed by atoms with Crippen molar-refractivity contribution in [3.05, 3.63) is 70.0 Å². The van der Waals surface area contributed by atoms with Crippen LogP contribution in [0.1, 0.15) is 0 Å². The topological polar surface area (TPSA) is 55.2 Å². The molecule has 102 valence electrons. The first kappa shape index (κ1) is 13.6. The van der Waals surface area contributed by atoms with Crippen molar-refractivity contribution in [3.8, 4) is 22.6 Å². The van der Waals surface area contributed by atoms with Gasteiger partial charge in [-0.25, -0.2) is 9.97 Å². The van der Waals surface area contributed by atoms with E-state index in [-0.39, 0.29) is 5.82 Å². The first-order valence-electron chi connectivity index (χ1n) is 6.30. The Balaban J connectivity index is 2.13. The molecule has 0 saturated carbocycles. The Morgan fingerprint density at radius 3 is 2.24 bits per heavy atom. The molecule has 0 atom stereocenters. The molecule has 0 aliphatic rings. The van der Waals surface area contributed by atoms with E-state index in [1.54, 1.807) is 6.07 Å². The summed E-state index contributed by atoms with van der Waals surface area (Å²) in [5.74, 6) is 0.611. The zero-order chi connectivity index (χ0) is 14.7. The van der Waals surface area contributed by atoms with Crippen LogP contribution in [0.4, 0.5) is 5.82 Å². The third kappa shape index (κ3) is 3.03. The fraction of sp³-hybridized carbons (Fsp3) is 0. The van der Waals surface area contributed by atoms with Crippen molar-refractivity contribution < 1.29 is 0 Å². The molecule has 3 rings (SSSR count). The number of nitrogens with zero attached hydrogens (tertiary/aromatic N) is 3. The van der Waals surface area contributed by atoms with Gasteiger partial charge in [0.15, 0.2) is 5.82 Å². The van der Waals surface area contributed by atoms with Gasteiger partial charge in [0.2, 0.25) is 5.82 Å². The summed E-state index contributed by atoms with van der Waals surface area (Å²) in [7, 11) is 0. The molecule has 1 aromatic heterocycles. The Morgan fingerprint density at radius 2 is 1.57 bits per heavy atom. The summed E-state index contributed by atoms with van der Waals surface area (Å²) >= 11 is 3.39. The van der Waals surface area contributed by atoms with Crippen molar-refractivity contribution in [1.29, 1.82) is 0 Å². The molecule has 0 aliphatic heterocycles. The van der Waals surface area contributed by atoms with E-state index in [1.165, 1.54) is 0 Å². The Hall–Kier alpha value is -2.40. The largest absolute Gasteiger partial charge is 0.228 e. The highest BCUT2D eigenvalue weighted by atomic mass is 79.9. The fourth-order valence-electron chi connectivity index (χ4n) is 1.97. The summed E-state index contributed by atoms with van der Waals surface area (Å²) in [6.07, 6.45) is 0. The van der Waals surface area contributed by atoms with E-state index in [0.717, 1.165) is 15.6 Å². The van der Waals surface area contributed by atoms with Gasteiger partial charge in [-0.15, -0.1) is 4.91 Å². The molecule has 0 aliphatic carbocycles. The van der Waals surface area contributed by atoms with E-state index >= 15 is 0 Å². The molecular formula is C16H10BrN3O. The highest BCUT2D eigenvalue weighted by Crippen LogP contribution is 2.26. The van der Waals surface area contributed by atoms with Gasteiger partial charge in [-0.3, -0.25) is 0 Å². The van der Waals surface area contributed by atoms with Crippen LogP contribution in [0.15, 0.2) is 70.3 Å². The van der Waals surface area contributed by atoms with Crippen molar-refractivity contribution in [2.75, 3.05) is 0 Å². The van der Waals surface area contributed by atoms with Gasteiger partial charge in [0, 0.05) is 21.7 Å². The molecular weight excluding hydrogens is 330 g/mol. The van der Waals surface area contributed by atoms with Crippen molar-refractivity contribution in [2.45, 2.75) is 0 Å². The second-order valence-corrected chi connectivity index (χ2v) is 5.31. The van der Waals surface area contributed by atoms with Gasteiger partial charge in [-0.1, -0.05) is 58.4 Å². The van der Waals surface area contributed by atoms with E-state index in [0.29, 0.717) is 11.5 Å². The van der Waals surface area contributed by atoms with E-state index in [9.17, 15) is 4.91 Å².